The zero-order valence-electron chi connectivity index (χ0n) is 9.42. The number of nitrogen functional groups attached to an aromatic ring is 1. The zero-order chi connectivity index (χ0) is 12.3. The van der Waals surface area contributed by atoms with Crippen LogP contribution in [0.25, 0.3) is 0 Å². The van der Waals surface area contributed by atoms with Gasteiger partial charge in [-0.1, -0.05) is 0 Å². The Balaban J connectivity index is 2.00. The molecule has 0 saturated carbocycles. The highest BCUT2D eigenvalue weighted by Crippen LogP contribution is 2.08. The lowest BCUT2D eigenvalue weighted by Gasteiger charge is -2.04. The number of pyridine rings is 1. The van der Waals surface area contributed by atoms with Crippen LogP contribution in [0, 0.1) is 0 Å². The second-order valence-corrected chi connectivity index (χ2v) is 3.60. The lowest BCUT2D eigenvalue weighted by Crippen LogP contribution is -2.23. The maximum atomic E-state index is 11.7. The SMILES string of the molecule is Cn1ncc(CNC(=O)c2ccncc2)c1N. The Morgan fingerprint density at radius 1 is 1.47 bits per heavy atom. The van der Waals surface area contributed by atoms with E-state index in [1.165, 1.54) is 0 Å². The third-order valence-corrected chi connectivity index (χ3v) is 2.45. The summed E-state index contributed by atoms with van der Waals surface area (Å²) in [6, 6.07) is 3.31. The predicted octanol–water partition coefficient (Wildman–Crippen LogP) is 0.327. The summed E-state index contributed by atoms with van der Waals surface area (Å²) in [5, 5.41) is 6.77. The number of hydrogen-bond acceptors (Lipinski definition) is 4. The van der Waals surface area contributed by atoms with Gasteiger partial charge in [-0.3, -0.25) is 14.5 Å². The van der Waals surface area contributed by atoms with Crippen LogP contribution in [-0.2, 0) is 13.6 Å². The van der Waals surface area contributed by atoms with Crippen molar-refractivity contribution in [2.45, 2.75) is 6.54 Å². The summed E-state index contributed by atoms with van der Waals surface area (Å²) in [5.74, 6) is 0.399. The van der Waals surface area contributed by atoms with Gasteiger partial charge in [0.1, 0.15) is 5.82 Å². The third-order valence-electron chi connectivity index (χ3n) is 2.45. The maximum absolute atomic E-state index is 11.7. The van der Waals surface area contributed by atoms with Gasteiger partial charge < -0.3 is 11.1 Å². The molecular weight excluding hydrogens is 218 g/mol. The van der Waals surface area contributed by atoms with E-state index in [1.54, 1.807) is 42.5 Å². The summed E-state index contributed by atoms with van der Waals surface area (Å²) in [5.41, 5.74) is 7.14. The Bertz CT molecular complexity index is 520. The van der Waals surface area contributed by atoms with Crippen molar-refractivity contribution in [2.75, 3.05) is 5.73 Å². The molecule has 0 atom stereocenters. The molecule has 0 unspecified atom stereocenters. The Kier molecular flexibility index (Phi) is 3.04. The van der Waals surface area contributed by atoms with Crippen LogP contribution in [0.1, 0.15) is 15.9 Å². The molecular formula is C11H13N5O. The number of nitrogens with one attached hydrogen (secondary N) is 1. The van der Waals surface area contributed by atoms with Gasteiger partial charge in [0.05, 0.1) is 6.20 Å². The lowest BCUT2D eigenvalue weighted by atomic mass is 10.2. The van der Waals surface area contributed by atoms with Gasteiger partial charge in [-0.15, -0.1) is 0 Å². The summed E-state index contributed by atoms with van der Waals surface area (Å²) >= 11 is 0. The van der Waals surface area contributed by atoms with E-state index in [0.717, 1.165) is 5.56 Å². The first-order valence-electron chi connectivity index (χ1n) is 5.13. The van der Waals surface area contributed by atoms with Crippen molar-refractivity contribution >= 4 is 11.7 Å². The minimum Gasteiger partial charge on any atom is -0.384 e. The molecule has 0 aliphatic carbocycles. The molecule has 6 nitrogen and oxygen atoms in total. The van der Waals surface area contributed by atoms with Crippen LogP contribution in [0.15, 0.2) is 30.7 Å². The standard InChI is InChI=1S/C11H13N5O/c1-16-10(12)9(7-15-16)6-14-11(17)8-2-4-13-5-3-8/h2-5,7H,6,12H2,1H3,(H,14,17). The van der Waals surface area contributed by atoms with Gasteiger partial charge in [0.2, 0.25) is 0 Å². The van der Waals surface area contributed by atoms with Gasteiger partial charge in [0.25, 0.3) is 5.91 Å². The maximum Gasteiger partial charge on any atom is 0.251 e. The van der Waals surface area contributed by atoms with E-state index in [2.05, 4.69) is 15.4 Å². The number of amides is 1. The summed E-state index contributed by atoms with van der Waals surface area (Å²) in [7, 11) is 1.75. The van der Waals surface area contributed by atoms with E-state index >= 15 is 0 Å². The van der Waals surface area contributed by atoms with Gasteiger partial charge in [-0.25, -0.2) is 0 Å². The first-order chi connectivity index (χ1) is 8.18. The molecule has 2 heterocycles. The number of nitrogens with zero attached hydrogens (tertiary/aromatic N) is 3. The Labute approximate surface area is 98.5 Å². The third kappa shape index (κ3) is 2.41. The smallest absolute Gasteiger partial charge is 0.251 e. The van der Waals surface area contributed by atoms with Crippen molar-refractivity contribution in [3.63, 3.8) is 0 Å². The van der Waals surface area contributed by atoms with E-state index in [1.807, 2.05) is 0 Å². The minimum absolute atomic E-state index is 0.157. The van der Waals surface area contributed by atoms with Gasteiger partial charge >= 0.3 is 0 Å². The highest BCUT2D eigenvalue weighted by molar-refractivity contribution is 5.93. The molecule has 3 N–H and O–H groups in total. The van der Waals surface area contributed by atoms with E-state index in [4.69, 9.17) is 5.73 Å². The number of carbonyl (C=O) groups is 1. The molecule has 0 saturated heterocycles. The van der Waals surface area contributed by atoms with Gasteiger partial charge in [0, 0.05) is 37.1 Å². The van der Waals surface area contributed by atoms with Crippen LogP contribution < -0.4 is 11.1 Å². The highest BCUT2D eigenvalue weighted by Gasteiger charge is 2.08. The van der Waals surface area contributed by atoms with Gasteiger partial charge in [0.15, 0.2) is 0 Å². The van der Waals surface area contributed by atoms with E-state index in [0.29, 0.717) is 17.9 Å². The van der Waals surface area contributed by atoms with E-state index < -0.39 is 0 Å². The van der Waals surface area contributed by atoms with Crippen LogP contribution in [0.2, 0.25) is 0 Å². The molecule has 0 aliphatic heterocycles. The molecule has 2 aromatic rings. The number of aromatic nitrogens is 3. The molecule has 0 aromatic carbocycles. The van der Waals surface area contributed by atoms with Crippen molar-refractivity contribution in [1.82, 2.24) is 20.1 Å². The number of rotatable bonds is 3. The number of hydrogen-bond donors (Lipinski definition) is 2. The van der Waals surface area contributed by atoms with E-state index in [9.17, 15) is 4.79 Å². The summed E-state index contributed by atoms with van der Waals surface area (Å²) < 4.78 is 1.56. The highest BCUT2D eigenvalue weighted by atomic mass is 16.1. The van der Waals surface area contributed by atoms with Crippen molar-refractivity contribution in [3.05, 3.63) is 41.9 Å². The average molecular weight is 231 g/mol. The minimum atomic E-state index is -0.157. The monoisotopic (exact) mass is 231 g/mol. The van der Waals surface area contributed by atoms with Gasteiger partial charge in [-0.2, -0.15) is 5.10 Å². The lowest BCUT2D eigenvalue weighted by molar-refractivity contribution is 0.0951. The summed E-state index contributed by atoms with van der Waals surface area (Å²) in [6.45, 7) is 0.362. The van der Waals surface area contributed by atoms with Crippen LogP contribution >= 0.6 is 0 Å². The average Bonchev–Trinajstić information content (AvgIpc) is 2.68. The molecule has 0 radical (unpaired) electrons. The first kappa shape index (κ1) is 11.1. The van der Waals surface area contributed by atoms with Gasteiger partial charge in [-0.05, 0) is 12.1 Å². The second kappa shape index (κ2) is 4.65. The fourth-order valence-corrected chi connectivity index (χ4v) is 1.41. The number of anilines is 1. The summed E-state index contributed by atoms with van der Waals surface area (Å²) in [4.78, 5) is 15.6. The van der Waals surface area contributed by atoms with Crippen molar-refractivity contribution in [2.24, 2.45) is 7.05 Å². The molecule has 1 amide bonds. The molecule has 2 aromatic heterocycles. The first-order valence-corrected chi connectivity index (χ1v) is 5.13. The molecule has 6 heteroatoms. The molecule has 0 spiro atoms. The number of aryl methyl sites for hydroxylation is 1. The van der Waals surface area contributed by atoms with Crippen molar-refractivity contribution < 1.29 is 4.79 Å². The zero-order valence-corrected chi connectivity index (χ0v) is 9.42. The molecule has 0 bridgehead atoms. The van der Waals surface area contributed by atoms with Crippen LogP contribution in [0.4, 0.5) is 5.82 Å². The number of nitrogens with two attached hydrogens (primary N) is 1. The fourth-order valence-electron chi connectivity index (χ4n) is 1.41. The van der Waals surface area contributed by atoms with Crippen LogP contribution in [0.3, 0.4) is 0 Å². The molecule has 0 fully saturated rings. The topological polar surface area (TPSA) is 85.8 Å². The van der Waals surface area contributed by atoms with Crippen molar-refractivity contribution in [3.8, 4) is 0 Å². The molecule has 2 rings (SSSR count). The molecule has 0 aliphatic rings. The van der Waals surface area contributed by atoms with E-state index in [-0.39, 0.29) is 5.91 Å². The molecule has 17 heavy (non-hydrogen) atoms. The predicted molar refractivity (Wildman–Crippen MR) is 63.0 cm³/mol. The molecule has 88 valence electrons. The Morgan fingerprint density at radius 2 is 2.18 bits per heavy atom. The normalized spacial score (nSPS) is 10.2. The van der Waals surface area contributed by atoms with Crippen LogP contribution in [0.5, 0.6) is 0 Å². The van der Waals surface area contributed by atoms with Crippen LogP contribution in [-0.4, -0.2) is 20.7 Å². The second-order valence-electron chi connectivity index (χ2n) is 3.60. The fraction of sp³-hybridized carbons (Fsp3) is 0.182. The Hall–Kier alpha value is -2.37. The quantitative estimate of drug-likeness (QED) is 0.797. The summed E-state index contributed by atoms with van der Waals surface area (Å²) in [6.07, 6.45) is 4.79. The van der Waals surface area contributed by atoms with Crippen molar-refractivity contribution in [1.29, 1.82) is 0 Å². The largest absolute Gasteiger partial charge is 0.384 e. The number of carbonyl (C=O) groups excluding carboxylic acids is 1. The Morgan fingerprint density at radius 3 is 2.76 bits per heavy atom.